The van der Waals surface area contributed by atoms with E-state index in [1.807, 2.05) is 30.3 Å². The standard InChI is InChI=1S/C18H17N3O3/c19-21(23)16-8-6-14(7-9-16)20(22)15-10-12-18(13-11-15)24-17-4-2-1-3-5-17/h1-13,20-21H,19H2. The Morgan fingerprint density at radius 1 is 0.625 bits per heavy atom. The number of ether oxygens (including phenoxy) is 1. The van der Waals surface area contributed by atoms with Crippen molar-refractivity contribution in [1.82, 2.24) is 0 Å². The first-order chi connectivity index (χ1) is 11.6. The van der Waals surface area contributed by atoms with Gasteiger partial charge in [-0.05, 0) is 24.3 Å². The first-order valence-corrected chi connectivity index (χ1v) is 7.41. The second-order valence-electron chi connectivity index (χ2n) is 5.21. The maximum atomic E-state index is 12.4. The van der Waals surface area contributed by atoms with Crippen LogP contribution >= 0.6 is 0 Å². The molecule has 3 rings (SSSR count). The number of nitrogen functional groups attached to an aromatic ring is 1. The second kappa shape index (κ2) is 7.22. The van der Waals surface area contributed by atoms with Gasteiger partial charge in [-0.25, -0.2) is 0 Å². The molecule has 2 unspecified atom stereocenters. The van der Waals surface area contributed by atoms with Gasteiger partial charge in [0.15, 0.2) is 5.69 Å². The molecule has 4 N–H and O–H groups in total. The van der Waals surface area contributed by atoms with Crippen LogP contribution < -0.4 is 20.8 Å². The molecule has 0 radical (unpaired) electrons. The molecule has 0 fully saturated rings. The number of hydrogen-bond donors (Lipinski definition) is 3. The summed E-state index contributed by atoms with van der Waals surface area (Å²) < 4.78 is 5.70. The molecule has 122 valence electrons. The molecule has 0 aliphatic rings. The van der Waals surface area contributed by atoms with Crippen LogP contribution in [0.4, 0.5) is 17.1 Å². The molecule has 3 aromatic carbocycles. The van der Waals surface area contributed by atoms with Crippen LogP contribution in [0.2, 0.25) is 0 Å². The quantitative estimate of drug-likeness (QED) is 0.492. The Morgan fingerprint density at radius 2 is 1.08 bits per heavy atom. The van der Waals surface area contributed by atoms with Crippen molar-refractivity contribution in [3.63, 3.8) is 0 Å². The molecule has 0 heterocycles. The van der Waals surface area contributed by atoms with Gasteiger partial charge in [0.05, 0.1) is 0 Å². The van der Waals surface area contributed by atoms with Gasteiger partial charge in [0, 0.05) is 36.4 Å². The summed E-state index contributed by atoms with van der Waals surface area (Å²) in [6.07, 6.45) is 0. The van der Waals surface area contributed by atoms with Crippen molar-refractivity contribution in [1.29, 1.82) is 0 Å². The third-order valence-corrected chi connectivity index (χ3v) is 3.53. The highest BCUT2D eigenvalue weighted by molar-refractivity contribution is 5.45. The molecule has 2 atom stereocenters. The van der Waals surface area contributed by atoms with Gasteiger partial charge < -0.3 is 20.2 Å². The number of nitrogens with one attached hydrogen (secondary N) is 2. The smallest absolute Gasteiger partial charge is 0.150 e. The van der Waals surface area contributed by atoms with Crippen molar-refractivity contribution in [3.05, 3.63) is 89.3 Å². The first kappa shape index (κ1) is 16.1. The van der Waals surface area contributed by atoms with E-state index in [1.165, 1.54) is 0 Å². The van der Waals surface area contributed by atoms with E-state index in [4.69, 9.17) is 10.6 Å². The van der Waals surface area contributed by atoms with Crippen LogP contribution in [0.3, 0.4) is 0 Å². The molecule has 6 nitrogen and oxygen atoms in total. The highest BCUT2D eigenvalue weighted by atomic mass is 16.5. The van der Waals surface area contributed by atoms with Crippen LogP contribution in [-0.4, -0.2) is 0 Å². The van der Waals surface area contributed by atoms with Crippen LogP contribution in [-0.2, 0) is 0 Å². The van der Waals surface area contributed by atoms with Gasteiger partial charge in [-0.15, -0.1) is 0 Å². The Labute approximate surface area is 139 Å². The summed E-state index contributed by atoms with van der Waals surface area (Å²) in [7, 11) is 0. The molecule has 0 amide bonds. The van der Waals surface area contributed by atoms with Crippen LogP contribution in [0.5, 0.6) is 11.5 Å². The largest absolute Gasteiger partial charge is 0.623 e. The molecule has 0 saturated heterocycles. The van der Waals surface area contributed by atoms with E-state index < -0.39 is 5.17 Å². The van der Waals surface area contributed by atoms with Gasteiger partial charge in [-0.2, -0.15) is 5.84 Å². The summed E-state index contributed by atoms with van der Waals surface area (Å²) in [5.74, 6) is 6.58. The van der Waals surface area contributed by atoms with E-state index in [9.17, 15) is 10.4 Å². The lowest BCUT2D eigenvalue weighted by atomic mass is 10.2. The molecule has 6 heteroatoms. The van der Waals surface area contributed by atoms with E-state index in [0.717, 1.165) is 5.75 Å². The number of quaternary nitrogens is 2. The minimum Gasteiger partial charge on any atom is -0.623 e. The Bertz CT molecular complexity index is 775. The second-order valence-corrected chi connectivity index (χ2v) is 5.21. The van der Waals surface area contributed by atoms with Gasteiger partial charge in [-0.1, -0.05) is 18.2 Å². The van der Waals surface area contributed by atoms with E-state index >= 15 is 0 Å². The SMILES string of the molecule is N[NH+]([O-])c1ccc([NH+]([O-])c2ccc(Oc3ccccc3)cc2)cc1. The summed E-state index contributed by atoms with van der Waals surface area (Å²) in [6.45, 7) is 0. The zero-order valence-electron chi connectivity index (χ0n) is 12.8. The van der Waals surface area contributed by atoms with E-state index in [1.54, 1.807) is 48.5 Å². The van der Waals surface area contributed by atoms with E-state index in [-0.39, 0.29) is 5.06 Å². The lowest BCUT2D eigenvalue weighted by Gasteiger charge is -2.22. The minimum absolute atomic E-state index is 0.128. The van der Waals surface area contributed by atoms with Crippen molar-refractivity contribution in [3.8, 4) is 11.5 Å². The van der Waals surface area contributed by atoms with E-state index in [2.05, 4.69) is 0 Å². The molecule has 3 aromatic rings. The summed E-state index contributed by atoms with van der Waals surface area (Å²) in [6, 6.07) is 22.6. The topological polar surface area (TPSA) is 90.2 Å². The average molecular weight is 323 g/mol. The van der Waals surface area contributed by atoms with Crippen molar-refractivity contribution in [2.75, 3.05) is 0 Å². The summed E-state index contributed by atoms with van der Waals surface area (Å²) >= 11 is 0. The predicted octanol–water partition coefficient (Wildman–Crippen LogP) is 1.71. The van der Waals surface area contributed by atoms with Crippen molar-refractivity contribution < 1.29 is 15.0 Å². The number of hydrogen-bond acceptors (Lipinski definition) is 4. The highest BCUT2D eigenvalue weighted by Crippen LogP contribution is 2.22. The Kier molecular flexibility index (Phi) is 4.85. The number of rotatable bonds is 5. The third-order valence-electron chi connectivity index (χ3n) is 3.53. The predicted molar refractivity (Wildman–Crippen MR) is 91.2 cm³/mol. The molecule has 0 aromatic heterocycles. The monoisotopic (exact) mass is 323 g/mol. The lowest BCUT2D eigenvalue weighted by Crippen LogP contribution is -3.08. The minimum atomic E-state index is -0.517. The van der Waals surface area contributed by atoms with Crippen LogP contribution in [0.1, 0.15) is 0 Å². The summed E-state index contributed by atoms with van der Waals surface area (Å²) in [5.41, 5.74) is 1.41. The molecule has 0 saturated carbocycles. The van der Waals surface area contributed by atoms with Crippen molar-refractivity contribution in [2.24, 2.45) is 5.84 Å². The van der Waals surface area contributed by atoms with Gasteiger partial charge in [-0.3, -0.25) is 5.17 Å². The molecule has 0 spiro atoms. The van der Waals surface area contributed by atoms with Crippen LogP contribution in [0.25, 0.3) is 0 Å². The lowest BCUT2D eigenvalue weighted by molar-refractivity contribution is -0.789. The van der Waals surface area contributed by atoms with Crippen LogP contribution in [0, 0.1) is 10.4 Å². The van der Waals surface area contributed by atoms with Gasteiger partial charge in [0.2, 0.25) is 0 Å². The zero-order chi connectivity index (χ0) is 16.9. The Morgan fingerprint density at radius 3 is 1.62 bits per heavy atom. The first-order valence-electron chi connectivity index (χ1n) is 7.41. The molecular weight excluding hydrogens is 306 g/mol. The normalized spacial score (nSPS) is 13.3. The Balaban J connectivity index is 1.72. The molecule has 0 aliphatic carbocycles. The molecule has 0 bridgehead atoms. The van der Waals surface area contributed by atoms with Gasteiger partial charge >= 0.3 is 0 Å². The fraction of sp³-hybridized carbons (Fsp3) is 0. The fourth-order valence-electron chi connectivity index (χ4n) is 2.25. The van der Waals surface area contributed by atoms with E-state index in [0.29, 0.717) is 22.8 Å². The zero-order valence-corrected chi connectivity index (χ0v) is 12.8. The maximum Gasteiger partial charge on any atom is 0.150 e. The van der Waals surface area contributed by atoms with Crippen LogP contribution in [0.15, 0.2) is 78.9 Å². The third kappa shape index (κ3) is 3.77. The Hall–Kier alpha value is -2.74. The summed E-state index contributed by atoms with van der Waals surface area (Å²) in [5, 5.41) is 22.9. The van der Waals surface area contributed by atoms with Gasteiger partial charge in [0.25, 0.3) is 0 Å². The number of nitrogens with two attached hydrogens (primary N) is 1. The molecular formula is C18H17N3O3. The van der Waals surface area contributed by atoms with Gasteiger partial charge in [0.1, 0.15) is 22.9 Å². The molecule has 24 heavy (non-hydrogen) atoms. The van der Waals surface area contributed by atoms with Crippen molar-refractivity contribution >= 4 is 17.1 Å². The average Bonchev–Trinajstić information content (AvgIpc) is 2.63. The number of benzene rings is 3. The van der Waals surface area contributed by atoms with Crippen molar-refractivity contribution in [2.45, 2.75) is 0 Å². The fourth-order valence-corrected chi connectivity index (χ4v) is 2.25. The summed E-state index contributed by atoms with van der Waals surface area (Å²) in [4.78, 5) is 0. The maximum absolute atomic E-state index is 12.4. The number of para-hydroxylation sites is 1. The molecule has 0 aliphatic heterocycles. The highest BCUT2D eigenvalue weighted by Gasteiger charge is 2.08.